The first kappa shape index (κ1) is 21.1. The summed E-state index contributed by atoms with van der Waals surface area (Å²) >= 11 is 6.41. The van der Waals surface area contributed by atoms with Gasteiger partial charge in [0.25, 0.3) is 5.91 Å². The number of halogens is 1. The lowest BCUT2D eigenvalue weighted by atomic mass is 10.1. The van der Waals surface area contributed by atoms with Crippen LogP contribution >= 0.6 is 11.6 Å². The number of nitrogens with zero attached hydrogens (tertiary/aromatic N) is 2. The van der Waals surface area contributed by atoms with Crippen molar-refractivity contribution in [3.8, 4) is 0 Å². The van der Waals surface area contributed by atoms with E-state index in [0.717, 1.165) is 53.1 Å². The molecule has 0 fully saturated rings. The Labute approximate surface area is 187 Å². The fraction of sp³-hybridized carbons (Fsp3) is 0.231. The lowest BCUT2D eigenvalue weighted by Crippen LogP contribution is -2.24. The van der Waals surface area contributed by atoms with E-state index in [-0.39, 0.29) is 5.91 Å². The maximum atomic E-state index is 12.1. The number of aryl methyl sites for hydroxylation is 1. The minimum Gasteiger partial charge on any atom is -0.352 e. The highest BCUT2D eigenvalue weighted by molar-refractivity contribution is 6.31. The maximum absolute atomic E-state index is 12.1. The average molecular weight is 432 g/mol. The van der Waals surface area contributed by atoms with E-state index in [1.165, 1.54) is 0 Å². The Morgan fingerprint density at radius 1 is 0.871 bits per heavy atom. The first-order valence-corrected chi connectivity index (χ1v) is 11.1. The van der Waals surface area contributed by atoms with Crippen LogP contribution in [0.2, 0.25) is 5.02 Å². The predicted octanol–water partition coefficient (Wildman–Crippen LogP) is 5.88. The average Bonchev–Trinajstić information content (AvgIpc) is 3.15. The minimum absolute atomic E-state index is 0.0119. The van der Waals surface area contributed by atoms with Crippen molar-refractivity contribution >= 4 is 28.5 Å². The van der Waals surface area contributed by atoms with Crippen LogP contribution in [0, 0.1) is 0 Å². The van der Waals surface area contributed by atoms with Crippen LogP contribution < -0.4 is 5.32 Å². The molecule has 0 radical (unpaired) electrons. The van der Waals surface area contributed by atoms with Crippen molar-refractivity contribution in [1.29, 1.82) is 0 Å². The molecule has 1 aromatic heterocycles. The van der Waals surface area contributed by atoms with Gasteiger partial charge in [0.1, 0.15) is 5.82 Å². The second-order valence-electron chi connectivity index (χ2n) is 7.63. The normalized spacial score (nSPS) is 11.0. The molecule has 0 saturated carbocycles. The Hall–Kier alpha value is -3.11. The van der Waals surface area contributed by atoms with Crippen LogP contribution in [0.5, 0.6) is 0 Å². The van der Waals surface area contributed by atoms with Crippen molar-refractivity contribution < 1.29 is 4.79 Å². The molecule has 1 amide bonds. The molecule has 0 aliphatic heterocycles. The fourth-order valence-corrected chi connectivity index (χ4v) is 3.96. The maximum Gasteiger partial charge on any atom is 0.251 e. The molecule has 0 saturated heterocycles. The van der Waals surface area contributed by atoms with Crippen LogP contribution in [0.25, 0.3) is 11.0 Å². The largest absolute Gasteiger partial charge is 0.352 e. The van der Waals surface area contributed by atoms with Gasteiger partial charge in [0.15, 0.2) is 0 Å². The molecule has 31 heavy (non-hydrogen) atoms. The van der Waals surface area contributed by atoms with Gasteiger partial charge in [-0.1, -0.05) is 66.6 Å². The van der Waals surface area contributed by atoms with Gasteiger partial charge in [-0.2, -0.15) is 0 Å². The van der Waals surface area contributed by atoms with E-state index in [4.69, 9.17) is 16.6 Å². The number of carbonyl (C=O) groups is 1. The fourth-order valence-electron chi connectivity index (χ4n) is 3.77. The lowest BCUT2D eigenvalue weighted by molar-refractivity contribution is 0.0953. The van der Waals surface area contributed by atoms with Crippen molar-refractivity contribution in [3.05, 3.63) is 101 Å². The third-order valence-corrected chi connectivity index (χ3v) is 5.79. The molecular weight excluding hydrogens is 406 g/mol. The van der Waals surface area contributed by atoms with E-state index >= 15 is 0 Å². The Morgan fingerprint density at radius 2 is 1.61 bits per heavy atom. The number of unbranched alkanes of at least 4 members (excludes halogenated alkanes) is 2. The predicted molar refractivity (Wildman–Crippen MR) is 127 cm³/mol. The summed E-state index contributed by atoms with van der Waals surface area (Å²) < 4.78 is 2.27. The summed E-state index contributed by atoms with van der Waals surface area (Å²) in [6, 6.07) is 25.5. The quantitative estimate of drug-likeness (QED) is 0.336. The molecule has 4 nitrogen and oxygen atoms in total. The highest BCUT2D eigenvalue weighted by atomic mass is 35.5. The molecule has 4 aromatic rings. The Morgan fingerprint density at radius 3 is 2.45 bits per heavy atom. The van der Waals surface area contributed by atoms with Gasteiger partial charge in [-0.25, -0.2) is 4.98 Å². The van der Waals surface area contributed by atoms with E-state index in [2.05, 4.69) is 28.1 Å². The number of rotatable bonds is 9. The minimum atomic E-state index is -0.0119. The van der Waals surface area contributed by atoms with Gasteiger partial charge >= 0.3 is 0 Å². The van der Waals surface area contributed by atoms with Gasteiger partial charge in [-0.15, -0.1) is 0 Å². The summed E-state index contributed by atoms with van der Waals surface area (Å²) in [7, 11) is 0. The van der Waals surface area contributed by atoms with E-state index in [1.807, 2.05) is 60.7 Å². The molecule has 0 bridgehead atoms. The number of aromatic nitrogens is 2. The SMILES string of the molecule is O=C(NCCCCCc1nc2ccccc2n1Cc1ccccc1Cl)c1ccccc1. The summed E-state index contributed by atoms with van der Waals surface area (Å²) in [4.78, 5) is 17.0. The molecule has 0 spiro atoms. The van der Waals surface area contributed by atoms with Crippen molar-refractivity contribution in [2.75, 3.05) is 6.54 Å². The van der Waals surface area contributed by atoms with E-state index in [9.17, 15) is 4.79 Å². The summed E-state index contributed by atoms with van der Waals surface area (Å²) in [5, 5.41) is 3.77. The Kier molecular flexibility index (Phi) is 7.00. The van der Waals surface area contributed by atoms with E-state index in [0.29, 0.717) is 18.7 Å². The Bertz CT molecular complexity index is 1150. The highest BCUT2D eigenvalue weighted by Crippen LogP contribution is 2.22. The van der Waals surface area contributed by atoms with Crippen molar-refractivity contribution in [2.45, 2.75) is 32.2 Å². The lowest BCUT2D eigenvalue weighted by Gasteiger charge is -2.11. The smallest absolute Gasteiger partial charge is 0.251 e. The summed E-state index contributed by atoms with van der Waals surface area (Å²) in [5.74, 6) is 1.07. The molecule has 0 atom stereocenters. The number of amides is 1. The number of hydrogen-bond acceptors (Lipinski definition) is 2. The zero-order valence-corrected chi connectivity index (χ0v) is 18.2. The number of nitrogens with one attached hydrogen (secondary N) is 1. The standard InChI is InChI=1S/C26H26ClN3O/c27-22-14-7-6-13-21(22)19-30-24-16-9-8-15-23(24)29-25(30)17-5-2-10-18-28-26(31)20-11-3-1-4-12-20/h1,3-4,6-9,11-16H,2,5,10,17-19H2,(H,28,31). The summed E-state index contributed by atoms with van der Waals surface area (Å²) in [6.45, 7) is 1.40. The van der Waals surface area contributed by atoms with E-state index < -0.39 is 0 Å². The molecule has 1 heterocycles. The molecular formula is C26H26ClN3O. The summed E-state index contributed by atoms with van der Waals surface area (Å²) in [5.41, 5.74) is 3.94. The second kappa shape index (κ2) is 10.3. The van der Waals surface area contributed by atoms with Gasteiger partial charge in [-0.3, -0.25) is 4.79 Å². The molecule has 3 aromatic carbocycles. The van der Waals surface area contributed by atoms with Gasteiger partial charge in [-0.05, 0) is 48.7 Å². The molecule has 0 aliphatic rings. The van der Waals surface area contributed by atoms with Gasteiger partial charge in [0.2, 0.25) is 0 Å². The first-order valence-electron chi connectivity index (χ1n) is 10.7. The van der Waals surface area contributed by atoms with Crippen molar-refractivity contribution in [1.82, 2.24) is 14.9 Å². The van der Waals surface area contributed by atoms with Gasteiger partial charge in [0.05, 0.1) is 17.6 Å². The number of fused-ring (bicyclic) bond motifs is 1. The van der Waals surface area contributed by atoms with Crippen molar-refractivity contribution in [3.63, 3.8) is 0 Å². The van der Waals surface area contributed by atoms with Crippen LogP contribution in [0.1, 0.15) is 41.0 Å². The number of carbonyl (C=O) groups excluding carboxylic acids is 1. The third-order valence-electron chi connectivity index (χ3n) is 5.42. The highest BCUT2D eigenvalue weighted by Gasteiger charge is 2.12. The molecule has 4 rings (SSSR count). The van der Waals surface area contributed by atoms with E-state index in [1.54, 1.807) is 0 Å². The molecule has 5 heteroatoms. The first-order chi connectivity index (χ1) is 15.2. The van der Waals surface area contributed by atoms with Crippen LogP contribution in [-0.2, 0) is 13.0 Å². The number of hydrogen-bond donors (Lipinski definition) is 1. The number of para-hydroxylation sites is 2. The zero-order valence-electron chi connectivity index (χ0n) is 17.4. The Balaban J connectivity index is 1.34. The number of benzene rings is 3. The zero-order chi connectivity index (χ0) is 21.5. The van der Waals surface area contributed by atoms with Crippen LogP contribution in [-0.4, -0.2) is 22.0 Å². The molecule has 1 N–H and O–H groups in total. The molecule has 0 unspecified atom stereocenters. The van der Waals surface area contributed by atoms with Crippen LogP contribution in [0.4, 0.5) is 0 Å². The number of imidazole rings is 1. The second-order valence-corrected chi connectivity index (χ2v) is 8.03. The van der Waals surface area contributed by atoms with Gasteiger partial charge < -0.3 is 9.88 Å². The molecule has 158 valence electrons. The van der Waals surface area contributed by atoms with Crippen LogP contribution in [0.15, 0.2) is 78.9 Å². The third kappa shape index (κ3) is 5.33. The monoisotopic (exact) mass is 431 g/mol. The summed E-state index contributed by atoms with van der Waals surface area (Å²) in [6.07, 6.45) is 3.90. The van der Waals surface area contributed by atoms with Gasteiger partial charge in [0, 0.05) is 23.6 Å². The van der Waals surface area contributed by atoms with Crippen molar-refractivity contribution in [2.24, 2.45) is 0 Å². The van der Waals surface area contributed by atoms with Crippen LogP contribution in [0.3, 0.4) is 0 Å². The molecule has 0 aliphatic carbocycles. The topological polar surface area (TPSA) is 46.9 Å².